The van der Waals surface area contributed by atoms with Crippen molar-refractivity contribution in [1.82, 2.24) is 0 Å². The minimum absolute atomic E-state index is 0.291. The molecule has 0 aliphatic carbocycles. The maximum atomic E-state index is 13.3. The van der Waals surface area contributed by atoms with E-state index >= 15 is 0 Å². The van der Waals surface area contributed by atoms with Crippen molar-refractivity contribution in [3.05, 3.63) is 28.0 Å². The van der Waals surface area contributed by atoms with Crippen LogP contribution in [0.5, 0.6) is 5.75 Å². The third-order valence-corrected chi connectivity index (χ3v) is 2.43. The summed E-state index contributed by atoms with van der Waals surface area (Å²) in [5.74, 6) is 0.204. The van der Waals surface area contributed by atoms with Crippen LogP contribution in [-0.4, -0.2) is 13.7 Å². The van der Waals surface area contributed by atoms with Crippen LogP contribution in [0.25, 0.3) is 0 Å². The fraction of sp³-hybridized carbons (Fsp3) is 0.400. The van der Waals surface area contributed by atoms with Crippen molar-refractivity contribution in [2.45, 2.75) is 13.3 Å². The Hall–Kier alpha value is -0.800. The number of benzene rings is 1. The first-order valence-corrected chi connectivity index (χ1v) is 4.71. The van der Waals surface area contributed by atoms with E-state index in [0.717, 1.165) is 5.56 Å². The van der Waals surface area contributed by atoms with Crippen molar-refractivity contribution in [3.8, 4) is 5.75 Å². The number of halogens is 2. The van der Waals surface area contributed by atoms with E-state index in [1.54, 1.807) is 6.92 Å². The summed E-state index contributed by atoms with van der Waals surface area (Å²) < 4.78 is 18.4. The topological polar surface area (TPSA) is 35.2 Å². The van der Waals surface area contributed by atoms with Crippen molar-refractivity contribution in [2.24, 2.45) is 5.73 Å². The normalized spacial score (nSPS) is 10.4. The van der Waals surface area contributed by atoms with Gasteiger partial charge >= 0.3 is 0 Å². The van der Waals surface area contributed by atoms with Gasteiger partial charge in [0.1, 0.15) is 11.6 Å². The minimum atomic E-state index is -0.320. The summed E-state index contributed by atoms with van der Waals surface area (Å²) in [7, 11) is 1.51. The Bertz CT molecular complexity index is 341. The highest BCUT2D eigenvalue weighted by Crippen LogP contribution is 2.32. The average molecular weight is 218 g/mol. The Balaban J connectivity index is 3.32. The summed E-state index contributed by atoms with van der Waals surface area (Å²) in [6.07, 6.45) is 0.562. The average Bonchev–Trinajstić information content (AvgIpc) is 2.14. The number of nitrogens with two attached hydrogens (primary N) is 1. The van der Waals surface area contributed by atoms with Gasteiger partial charge < -0.3 is 10.5 Å². The van der Waals surface area contributed by atoms with Gasteiger partial charge in [-0.1, -0.05) is 11.6 Å². The van der Waals surface area contributed by atoms with E-state index < -0.39 is 0 Å². The molecule has 78 valence electrons. The molecule has 4 heteroatoms. The highest BCUT2D eigenvalue weighted by molar-refractivity contribution is 6.32. The van der Waals surface area contributed by atoms with Gasteiger partial charge in [-0.15, -0.1) is 0 Å². The molecule has 0 spiro atoms. The minimum Gasteiger partial charge on any atom is -0.495 e. The summed E-state index contributed by atoms with van der Waals surface area (Å²) >= 11 is 5.84. The zero-order valence-corrected chi connectivity index (χ0v) is 8.99. The Morgan fingerprint density at radius 3 is 2.71 bits per heavy atom. The van der Waals surface area contributed by atoms with E-state index in [0.29, 0.717) is 29.3 Å². The van der Waals surface area contributed by atoms with Crippen LogP contribution in [0.4, 0.5) is 4.39 Å². The lowest BCUT2D eigenvalue weighted by molar-refractivity contribution is 0.408. The van der Waals surface area contributed by atoms with Crippen LogP contribution in [0, 0.1) is 12.7 Å². The third-order valence-electron chi connectivity index (χ3n) is 2.15. The van der Waals surface area contributed by atoms with Gasteiger partial charge in [-0.3, -0.25) is 0 Å². The molecule has 2 N–H and O–H groups in total. The van der Waals surface area contributed by atoms with Crippen molar-refractivity contribution >= 4 is 11.6 Å². The SMILES string of the molecule is COc1c(Cl)cc(F)c(C)c1CCN. The first-order valence-electron chi connectivity index (χ1n) is 4.33. The Morgan fingerprint density at radius 1 is 1.57 bits per heavy atom. The molecule has 14 heavy (non-hydrogen) atoms. The van der Waals surface area contributed by atoms with Crippen LogP contribution in [0.1, 0.15) is 11.1 Å². The first-order chi connectivity index (χ1) is 6.61. The molecule has 0 saturated heterocycles. The van der Waals surface area contributed by atoms with Crippen molar-refractivity contribution < 1.29 is 9.13 Å². The fourth-order valence-corrected chi connectivity index (χ4v) is 1.70. The van der Waals surface area contributed by atoms with Crippen molar-refractivity contribution in [3.63, 3.8) is 0 Å². The maximum absolute atomic E-state index is 13.3. The molecule has 1 aromatic rings. The van der Waals surface area contributed by atoms with E-state index in [1.807, 2.05) is 0 Å². The zero-order chi connectivity index (χ0) is 10.7. The third kappa shape index (κ3) is 1.99. The predicted molar refractivity (Wildman–Crippen MR) is 55.5 cm³/mol. The first kappa shape index (κ1) is 11.3. The Morgan fingerprint density at radius 2 is 2.21 bits per heavy atom. The highest BCUT2D eigenvalue weighted by atomic mass is 35.5. The molecular weight excluding hydrogens is 205 g/mol. The summed E-state index contributed by atoms with van der Waals surface area (Å²) in [5.41, 5.74) is 6.73. The number of ether oxygens (including phenoxy) is 1. The summed E-state index contributed by atoms with van der Waals surface area (Å²) in [6.45, 7) is 2.14. The highest BCUT2D eigenvalue weighted by Gasteiger charge is 2.14. The molecule has 0 aliphatic heterocycles. The predicted octanol–water partition coefficient (Wildman–Crippen LogP) is 2.30. The quantitative estimate of drug-likeness (QED) is 0.843. The lowest BCUT2D eigenvalue weighted by atomic mass is 10.0. The molecule has 0 aromatic heterocycles. The smallest absolute Gasteiger partial charge is 0.141 e. The lowest BCUT2D eigenvalue weighted by Gasteiger charge is -2.13. The van der Waals surface area contributed by atoms with Gasteiger partial charge in [-0.25, -0.2) is 4.39 Å². The largest absolute Gasteiger partial charge is 0.495 e. The van der Waals surface area contributed by atoms with E-state index in [9.17, 15) is 4.39 Å². The second-order valence-corrected chi connectivity index (χ2v) is 3.42. The van der Waals surface area contributed by atoms with E-state index in [2.05, 4.69) is 0 Å². The van der Waals surface area contributed by atoms with Gasteiger partial charge in [0.25, 0.3) is 0 Å². The van der Waals surface area contributed by atoms with Gasteiger partial charge in [0, 0.05) is 5.56 Å². The van der Waals surface area contributed by atoms with Crippen LogP contribution < -0.4 is 10.5 Å². The second kappa shape index (κ2) is 4.62. The van der Waals surface area contributed by atoms with Gasteiger partial charge in [0.2, 0.25) is 0 Å². The summed E-state index contributed by atoms with van der Waals surface area (Å²) in [5, 5.41) is 0.291. The van der Waals surface area contributed by atoms with Crippen LogP contribution in [0.15, 0.2) is 6.07 Å². The van der Waals surface area contributed by atoms with Gasteiger partial charge in [-0.05, 0) is 31.5 Å². The van der Waals surface area contributed by atoms with Gasteiger partial charge in [0.05, 0.1) is 12.1 Å². The molecule has 1 rings (SSSR count). The molecule has 1 aromatic carbocycles. The monoisotopic (exact) mass is 217 g/mol. The molecular formula is C10H13ClFNO. The Kier molecular flexibility index (Phi) is 3.72. The number of methoxy groups -OCH3 is 1. The Labute approximate surface area is 87.8 Å². The molecule has 0 heterocycles. The van der Waals surface area contributed by atoms with Crippen LogP contribution in [0.2, 0.25) is 5.02 Å². The molecule has 0 amide bonds. The van der Waals surface area contributed by atoms with Gasteiger partial charge in [0.15, 0.2) is 0 Å². The number of hydrogen-bond donors (Lipinski definition) is 1. The summed E-state index contributed by atoms with van der Waals surface area (Å²) in [4.78, 5) is 0. The molecule has 0 atom stereocenters. The molecule has 0 saturated carbocycles. The van der Waals surface area contributed by atoms with Crippen LogP contribution >= 0.6 is 11.6 Å². The standard InChI is InChI=1S/C10H13ClFNO/c1-6-7(3-4-13)10(14-2)8(11)5-9(6)12/h5H,3-4,13H2,1-2H3. The molecule has 2 nitrogen and oxygen atoms in total. The second-order valence-electron chi connectivity index (χ2n) is 3.02. The molecule has 0 fully saturated rings. The summed E-state index contributed by atoms with van der Waals surface area (Å²) in [6, 6.07) is 1.26. The molecule has 0 aliphatic rings. The zero-order valence-electron chi connectivity index (χ0n) is 8.23. The lowest BCUT2D eigenvalue weighted by Crippen LogP contribution is -2.07. The number of rotatable bonds is 3. The molecule has 0 radical (unpaired) electrons. The number of hydrogen-bond acceptors (Lipinski definition) is 2. The fourth-order valence-electron chi connectivity index (χ4n) is 1.41. The molecule has 0 unspecified atom stereocenters. The van der Waals surface area contributed by atoms with E-state index in [1.165, 1.54) is 13.2 Å². The van der Waals surface area contributed by atoms with E-state index in [4.69, 9.17) is 22.1 Å². The van der Waals surface area contributed by atoms with Crippen LogP contribution in [0.3, 0.4) is 0 Å². The van der Waals surface area contributed by atoms with Crippen molar-refractivity contribution in [2.75, 3.05) is 13.7 Å². The maximum Gasteiger partial charge on any atom is 0.141 e. The van der Waals surface area contributed by atoms with Gasteiger partial charge in [-0.2, -0.15) is 0 Å². The molecule has 0 bridgehead atoms. The van der Waals surface area contributed by atoms with Crippen LogP contribution in [-0.2, 0) is 6.42 Å². The van der Waals surface area contributed by atoms with Crippen molar-refractivity contribution in [1.29, 1.82) is 0 Å². The van der Waals surface area contributed by atoms with E-state index in [-0.39, 0.29) is 5.82 Å².